The van der Waals surface area contributed by atoms with Crippen molar-refractivity contribution in [3.05, 3.63) is 76.5 Å². The Kier molecular flexibility index (Phi) is 5.61. The molecule has 2 aromatic carbocycles. The number of methoxy groups -OCH3 is 1. The number of ether oxygens (including phenoxy) is 1. The van der Waals surface area contributed by atoms with Gasteiger partial charge in [0.25, 0.3) is 5.91 Å². The largest absolute Gasteiger partial charge is 0.497 e. The minimum Gasteiger partial charge on any atom is -0.497 e. The average molecular weight is 388 g/mol. The Labute approximate surface area is 160 Å². The molecule has 132 valence electrons. The van der Waals surface area contributed by atoms with Crippen LogP contribution in [0.25, 0.3) is 0 Å². The molecule has 5 nitrogen and oxygen atoms in total. The van der Waals surface area contributed by atoms with Crippen LogP contribution in [0.3, 0.4) is 0 Å². The molecule has 2 N–H and O–H groups in total. The third-order valence-electron chi connectivity index (χ3n) is 3.47. The van der Waals surface area contributed by atoms with Gasteiger partial charge in [-0.1, -0.05) is 29.3 Å². The molecule has 3 aromatic rings. The Hall–Kier alpha value is -2.76. The summed E-state index contributed by atoms with van der Waals surface area (Å²) in [6, 6.07) is 15.7. The number of pyridine rings is 1. The fraction of sp³-hybridized carbons (Fsp3) is 0.0526. The van der Waals surface area contributed by atoms with Gasteiger partial charge in [0.15, 0.2) is 0 Å². The van der Waals surface area contributed by atoms with Crippen molar-refractivity contribution < 1.29 is 9.53 Å². The first kappa shape index (κ1) is 18.0. The van der Waals surface area contributed by atoms with Gasteiger partial charge in [-0.05, 0) is 42.5 Å². The summed E-state index contributed by atoms with van der Waals surface area (Å²) < 4.78 is 5.19. The van der Waals surface area contributed by atoms with Crippen LogP contribution in [0, 0.1) is 0 Å². The maximum absolute atomic E-state index is 12.3. The zero-order valence-corrected chi connectivity index (χ0v) is 15.3. The Balaban J connectivity index is 1.69. The number of rotatable bonds is 5. The van der Waals surface area contributed by atoms with E-state index in [2.05, 4.69) is 15.6 Å². The first-order chi connectivity index (χ1) is 12.5. The molecule has 0 radical (unpaired) electrons. The van der Waals surface area contributed by atoms with Crippen LogP contribution in [0.1, 0.15) is 10.5 Å². The molecule has 0 saturated carbocycles. The fourth-order valence-electron chi connectivity index (χ4n) is 2.29. The van der Waals surface area contributed by atoms with Gasteiger partial charge in [-0.3, -0.25) is 4.79 Å². The van der Waals surface area contributed by atoms with Gasteiger partial charge in [0.05, 0.1) is 19.0 Å². The van der Waals surface area contributed by atoms with Gasteiger partial charge in [-0.25, -0.2) is 4.98 Å². The molecule has 1 aromatic heterocycles. The van der Waals surface area contributed by atoms with Crippen LogP contribution in [0.2, 0.25) is 10.0 Å². The molecule has 0 unspecified atom stereocenters. The molecular weight excluding hydrogens is 373 g/mol. The summed E-state index contributed by atoms with van der Waals surface area (Å²) in [5.41, 5.74) is 2.39. The van der Waals surface area contributed by atoms with E-state index in [0.29, 0.717) is 15.7 Å². The third-order valence-corrected chi connectivity index (χ3v) is 3.91. The summed E-state index contributed by atoms with van der Waals surface area (Å²) in [6.45, 7) is 0. The number of hydrogen-bond donors (Lipinski definition) is 2. The van der Waals surface area contributed by atoms with Crippen molar-refractivity contribution in [2.75, 3.05) is 17.7 Å². The van der Waals surface area contributed by atoms with Crippen molar-refractivity contribution >= 4 is 46.2 Å². The second kappa shape index (κ2) is 8.08. The first-order valence-corrected chi connectivity index (χ1v) is 8.43. The summed E-state index contributed by atoms with van der Waals surface area (Å²) in [5, 5.41) is 6.80. The molecule has 0 fully saturated rings. The number of nitrogens with one attached hydrogen (secondary N) is 2. The maximum atomic E-state index is 12.3. The van der Waals surface area contributed by atoms with Gasteiger partial charge in [0.1, 0.15) is 11.4 Å². The van der Waals surface area contributed by atoms with Gasteiger partial charge in [0, 0.05) is 27.5 Å². The summed E-state index contributed by atoms with van der Waals surface area (Å²) in [5.74, 6) is 0.399. The van der Waals surface area contributed by atoms with Crippen LogP contribution >= 0.6 is 23.2 Å². The molecule has 26 heavy (non-hydrogen) atoms. The lowest BCUT2D eigenvalue weighted by molar-refractivity contribution is 0.102. The summed E-state index contributed by atoms with van der Waals surface area (Å²) in [7, 11) is 1.61. The molecule has 0 bridgehead atoms. The van der Waals surface area contributed by atoms with Gasteiger partial charge < -0.3 is 15.4 Å². The average Bonchev–Trinajstić information content (AvgIpc) is 2.61. The minimum atomic E-state index is -0.351. The van der Waals surface area contributed by atoms with E-state index in [4.69, 9.17) is 27.9 Å². The number of nitrogens with zero attached hydrogens (tertiary/aromatic N) is 1. The smallest absolute Gasteiger partial charge is 0.274 e. The Morgan fingerprint density at radius 2 is 1.73 bits per heavy atom. The second-order valence-corrected chi connectivity index (χ2v) is 6.27. The van der Waals surface area contributed by atoms with E-state index < -0.39 is 0 Å². The molecule has 3 rings (SSSR count). The molecule has 7 heteroatoms. The zero-order chi connectivity index (χ0) is 18.5. The summed E-state index contributed by atoms with van der Waals surface area (Å²) >= 11 is 11.9. The van der Waals surface area contributed by atoms with Gasteiger partial charge in [-0.2, -0.15) is 0 Å². The van der Waals surface area contributed by atoms with Crippen LogP contribution in [0.4, 0.5) is 17.1 Å². The first-order valence-electron chi connectivity index (χ1n) is 7.68. The molecule has 0 aliphatic heterocycles. The van der Waals surface area contributed by atoms with E-state index in [1.165, 1.54) is 0 Å². The maximum Gasteiger partial charge on any atom is 0.274 e. The molecule has 0 saturated heterocycles. The SMILES string of the molecule is COc1cccc(Nc2ccc(C(=O)Nc3cc(Cl)cc(Cl)c3)nc2)c1. The van der Waals surface area contributed by atoms with Crippen molar-refractivity contribution in [2.45, 2.75) is 0 Å². The van der Waals surface area contributed by atoms with E-state index in [-0.39, 0.29) is 11.6 Å². The van der Waals surface area contributed by atoms with Crippen LogP contribution in [-0.4, -0.2) is 18.0 Å². The van der Waals surface area contributed by atoms with E-state index in [1.54, 1.807) is 43.6 Å². The predicted octanol–water partition coefficient (Wildman–Crippen LogP) is 5.39. The second-order valence-electron chi connectivity index (χ2n) is 5.40. The highest BCUT2D eigenvalue weighted by Crippen LogP contribution is 2.23. The monoisotopic (exact) mass is 387 g/mol. The molecular formula is C19H15Cl2N3O2. The molecule has 1 heterocycles. The van der Waals surface area contributed by atoms with Gasteiger partial charge in [0.2, 0.25) is 0 Å². The van der Waals surface area contributed by atoms with E-state index >= 15 is 0 Å². The summed E-state index contributed by atoms with van der Waals surface area (Å²) in [6.07, 6.45) is 1.58. The number of carbonyl (C=O) groups excluding carboxylic acids is 1. The lowest BCUT2D eigenvalue weighted by Crippen LogP contribution is -2.13. The normalized spacial score (nSPS) is 10.3. The lowest BCUT2D eigenvalue weighted by atomic mass is 10.2. The van der Waals surface area contributed by atoms with Crippen molar-refractivity contribution in [1.29, 1.82) is 0 Å². The zero-order valence-electron chi connectivity index (χ0n) is 13.8. The topological polar surface area (TPSA) is 63.2 Å². The number of anilines is 3. The van der Waals surface area contributed by atoms with Crippen molar-refractivity contribution in [1.82, 2.24) is 4.98 Å². The van der Waals surface area contributed by atoms with E-state index in [0.717, 1.165) is 17.1 Å². The Morgan fingerprint density at radius 1 is 0.962 bits per heavy atom. The molecule has 0 aliphatic carbocycles. The Bertz CT molecular complexity index is 910. The number of halogens is 2. The summed E-state index contributed by atoms with van der Waals surface area (Å²) in [4.78, 5) is 16.5. The molecule has 1 amide bonds. The fourth-order valence-corrected chi connectivity index (χ4v) is 2.82. The molecule has 0 aliphatic rings. The highest BCUT2D eigenvalue weighted by molar-refractivity contribution is 6.35. The number of carbonyl (C=O) groups is 1. The van der Waals surface area contributed by atoms with E-state index in [9.17, 15) is 4.79 Å². The number of amides is 1. The number of hydrogen-bond acceptors (Lipinski definition) is 4. The third kappa shape index (κ3) is 4.65. The molecule has 0 spiro atoms. The predicted molar refractivity (Wildman–Crippen MR) is 105 cm³/mol. The standard InChI is InChI=1S/C19H15Cl2N3O2/c1-26-17-4-2-3-14(10-17)23-15-5-6-18(22-11-15)19(25)24-16-8-12(20)7-13(21)9-16/h2-11,23H,1H3,(H,24,25). The van der Waals surface area contributed by atoms with Crippen LogP contribution in [0.5, 0.6) is 5.75 Å². The van der Waals surface area contributed by atoms with Crippen LogP contribution in [-0.2, 0) is 0 Å². The number of benzene rings is 2. The van der Waals surface area contributed by atoms with Gasteiger partial charge in [-0.15, -0.1) is 0 Å². The lowest BCUT2D eigenvalue weighted by Gasteiger charge is -2.09. The van der Waals surface area contributed by atoms with Crippen molar-refractivity contribution in [3.8, 4) is 5.75 Å². The van der Waals surface area contributed by atoms with Crippen molar-refractivity contribution in [3.63, 3.8) is 0 Å². The number of aromatic nitrogens is 1. The highest BCUT2D eigenvalue weighted by Gasteiger charge is 2.09. The minimum absolute atomic E-state index is 0.275. The van der Waals surface area contributed by atoms with Crippen molar-refractivity contribution in [2.24, 2.45) is 0 Å². The highest BCUT2D eigenvalue weighted by atomic mass is 35.5. The quantitative estimate of drug-likeness (QED) is 0.615. The molecule has 0 atom stereocenters. The van der Waals surface area contributed by atoms with Crippen LogP contribution < -0.4 is 15.4 Å². The van der Waals surface area contributed by atoms with E-state index in [1.807, 2.05) is 24.3 Å². The Morgan fingerprint density at radius 3 is 2.38 bits per heavy atom. The van der Waals surface area contributed by atoms with Crippen LogP contribution in [0.15, 0.2) is 60.8 Å². The van der Waals surface area contributed by atoms with Gasteiger partial charge >= 0.3 is 0 Å².